The van der Waals surface area contributed by atoms with E-state index in [-0.39, 0.29) is 0 Å². The number of rotatable bonds is 1. The van der Waals surface area contributed by atoms with E-state index in [1.807, 2.05) is 0 Å². The number of likely N-dealkylation sites (tertiary alicyclic amines) is 1. The molecule has 3 rings (SSSR count). The molecule has 14 heavy (non-hydrogen) atoms. The number of hydrogen-bond donors (Lipinski definition) is 0. The van der Waals surface area contributed by atoms with Crippen LogP contribution in [0.4, 0.5) is 0 Å². The van der Waals surface area contributed by atoms with Crippen molar-refractivity contribution in [2.24, 2.45) is 17.8 Å². The normalized spacial score (nSPS) is 37.6. The van der Waals surface area contributed by atoms with Gasteiger partial charge in [0.05, 0.1) is 0 Å². The van der Waals surface area contributed by atoms with Gasteiger partial charge in [-0.15, -0.1) is 0 Å². The Kier molecular flexibility index (Phi) is 2.24. The highest BCUT2D eigenvalue weighted by atomic mass is 127. The third-order valence-electron chi connectivity index (χ3n) is 3.68. The highest BCUT2D eigenvalue weighted by Gasteiger charge is 2.43. The van der Waals surface area contributed by atoms with Gasteiger partial charge in [0, 0.05) is 55.0 Å². The summed E-state index contributed by atoms with van der Waals surface area (Å²) in [4.78, 5) is 14.0. The van der Waals surface area contributed by atoms with Gasteiger partial charge in [-0.25, -0.2) is 3.11 Å². The van der Waals surface area contributed by atoms with Crippen molar-refractivity contribution < 1.29 is 4.79 Å². The first kappa shape index (κ1) is 9.39. The molecule has 1 amide bonds. The van der Waals surface area contributed by atoms with E-state index in [1.54, 1.807) is 0 Å². The Morgan fingerprint density at radius 1 is 1.07 bits per heavy atom. The van der Waals surface area contributed by atoms with Crippen LogP contribution in [0.15, 0.2) is 0 Å². The van der Waals surface area contributed by atoms with Crippen LogP contribution in [0, 0.1) is 17.8 Å². The molecular formula is C10H15IN2O. The molecule has 2 aliphatic heterocycles. The number of halogens is 1. The van der Waals surface area contributed by atoms with Crippen LogP contribution in [0.3, 0.4) is 0 Å². The van der Waals surface area contributed by atoms with Gasteiger partial charge in [-0.2, -0.15) is 0 Å². The van der Waals surface area contributed by atoms with Crippen molar-refractivity contribution in [3.8, 4) is 0 Å². The predicted octanol–water partition coefficient (Wildman–Crippen LogP) is 1.14. The van der Waals surface area contributed by atoms with Crippen molar-refractivity contribution in [3.05, 3.63) is 0 Å². The zero-order valence-electron chi connectivity index (χ0n) is 8.16. The van der Waals surface area contributed by atoms with Crippen LogP contribution in [-0.4, -0.2) is 40.1 Å². The molecule has 1 saturated carbocycles. The van der Waals surface area contributed by atoms with Crippen LogP contribution in [0.5, 0.6) is 0 Å². The molecular weight excluding hydrogens is 291 g/mol. The molecule has 0 spiro atoms. The Labute approximate surface area is 98.3 Å². The smallest absolute Gasteiger partial charge is 0.225 e. The molecule has 0 bridgehead atoms. The quantitative estimate of drug-likeness (QED) is 0.536. The Morgan fingerprint density at radius 3 is 2.14 bits per heavy atom. The second-order valence-electron chi connectivity index (χ2n) is 4.87. The third kappa shape index (κ3) is 1.56. The van der Waals surface area contributed by atoms with E-state index < -0.39 is 0 Å². The van der Waals surface area contributed by atoms with Gasteiger partial charge in [0.15, 0.2) is 0 Å². The van der Waals surface area contributed by atoms with Gasteiger partial charge >= 0.3 is 0 Å². The van der Waals surface area contributed by atoms with Crippen LogP contribution in [0.25, 0.3) is 0 Å². The average molecular weight is 306 g/mol. The van der Waals surface area contributed by atoms with E-state index in [0.29, 0.717) is 11.8 Å². The summed E-state index contributed by atoms with van der Waals surface area (Å²) in [6.45, 7) is 4.42. The minimum absolute atomic E-state index is 0.407. The number of carbonyl (C=O) groups excluding carboxylic acids is 1. The lowest BCUT2D eigenvalue weighted by Gasteiger charge is -2.18. The number of nitrogens with zero attached hydrogens (tertiary/aromatic N) is 2. The van der Waals surface area contributed by atoms with E-state index in [4.69, 9.17) is 0 Å². The average Bonchev–Trinajstić information content (AvgIpc) is 2.82. The van der Waals surface area contributed by atoms with Crippen molar-refractivity contribution in [2.45, 2.75) is 12.8 Å². The Bertz CT molecular complexity index is 253. The SMILES string of the molecule is O=C(C1CC1)N1CC2CN(I)CC2C1. The van der Waals surface area contributed by atoms with Gasteiger partial charge in [0.1, 0.15) is 0 Å². The molecule has 3 aliphatic rings. The number of carbonyl (C=O) groups is 1. The Hall–Kier alpha value is 0.160. The van der Waals surface area contributed by atoms with Crippen LogP contribution in [0.2, 0.25) is 0 Å². The fourth-order valence-corrected chi connectivity index (χ4v) is 3.72. The molecule has 3 nitrogen and oxygen atoms in total. The summed E-state index contributed by atoms with van der Waals surface area (Å²) in [6.07, 6.45) is 2.28. The third-order valence-corrected chi connectivity index (χ3v) is 4.47. The number of hydrogen-bond acceptors (Lipinski definition) is 2. The second kappa shape index (κ2) is 3.33. The predicted molar refractivity (Wildman–Crippen MR) is 61.9 cm³/mol. The minimum atomic E-state index is 0.407. The molecule has 0 aromatic carbocycles. The highest BCUT2D eigenvalue weighted by molar-refractivity contribution is 14.1. The maximum Gasteiger partial charge on any atom is 0.225 e. The maximum atomic E-state index is 11.8. The molecule has 0 radical (unpaired) electrons. The van der Waals surface area contributed by atoms with Crippen molar-refractivity contribution >= 4 is 28.8 Å². The fraction of sp³-hybridized carbons (Fsp3) is 0.900. The molecule has 2 atom stereocenters. The standard InChI is InChI=1S/C10H15IN2O/c11-13-5-8-3-12(4-9(8)6-13)10(14)7-1-2-7/h7-9H,1-6H2. The van der Waals surface area contributed by atoms with Gasteiger partial charge < -0.3 is 4.90 Å². The van der Waals surface area contributed by atoms with E-state index in [2.05, 4.69) is 30.9 Å². The monoisotopic (exact) mass is 306 g/mol. The maximum absolute atomic E-state index is 11.8. The summed E-state index contributed by atoms with van der Waals surface area (Å²) in [5.41, 5.74) is 0. The lowest BCUT2D eigenvalue weighted by molar-refractivity contribution is -0.131. The van der Waals surface area contributed by atoms with Gasteiger partial charge in [0.2, 0.25) is 5.91 Å². The molecule has 0 aromatic rings. The summed E-state index contributed by atoms with van der Waals surface area (Å²) in [7, 11) is 0. The van der Waals surface area contributed by atoms with Gasteiger partial charge in [-0.1, -0.05) is 0 Å². The van der Waals surface area contributed by atoms with Crippen LogP contribution < -0.4 is 0 Å². The first-order valence-electron chi connectivity index (χ1n) is 5.43. The number of fused-ring (bicyclic) bond motifs is 1. The van der Waals surface area contributed by atoms with Crippen LogP contribution in [0.1, 0.15) is 12.8 Å². The van der Waals surface area contributed by atoms with Crippen molar-refractivity contribution in [1.29, 1.82) is 0 Å². The van der Waals surface area contributed by atoms with Crippen LogP contribution >= 0.6 is 22.9 Å². The molecule has 0 N–H and O–H groups in total. The Balaban J connectivity index is 1.63. The van der Waals surface area contributed by atoms with E-state index >= 15 is 0 Å². The number of amides is 1. The summed E-state index contributed by atoms with van der Waals surface area (Å²) < 4.78 is 2.37. The Morgan fingerprint density at radius 2 is 1.64 bits per heavy atom. The van der Waals surface area contributed by atoms with E-state index in [9.17, 15) is 4.79 Å². The second-order valence-corrected chi connectivity index (χ2v) is 6.23. The lowest BCUT2D eigenvalue weighted by atomic mass is 10.0. The summed E-state index contributed by atoms with van der Waals surface area (Å²) in [6, 6.07) is 0. The molecule has 3 fully saturated rings. The fourth-order valence-electron chi connectivity index (χ4n) is 2.70. The molecule has 1 aliphatic carbocycles. The first-order valence-corrected chi connectivity index (χ1v) is 6.40. The molecule has 0 aromatic heterocycles. The topological polar surface area (TPSA) is 23.6 Å². The molecule has 78 valence electrons. The van der Waals surface area contributed by atoms with E-state index in [0.717, 1.165) is 37.8 Å². The zero-order valence-corrected chi connectivity index (χ0v) is 10.3. The van der Waals surface area contributed by atoms with Gasteiger partial charge in [0.25, 0.3) is 0 Å². The molecule has 2 unspecified atom stereocenters. The van der Waals surface area contributed by atoms with E-state index in [1.165, 1.54) is 13.1 Å². The minimum Gasteiger partial charge on any atom is -0.342 e. The summed E-state index contributed by atoms with van der Waals surface area (Å²) in [5.74, 6) is 2.37. The molecule has 2 heterocycles. The molecule has 4 heteroatoms. The van der Waals surface area contributed by atoms with Gasteiger partial charge in [-0.3, -0.25) is 4.79 Å². The lowest BCUT2D eigenvalue weighted by Crippen LogP contribution is -2.32. The van der Waals surface area contributed by atoms with Gasteiger partial charge in [-0.05, 0) is 24.7 Å². The summed E-state index contributed by atoms with van der Waals surface area (Å²) in [5, 5.41) is 0. The van der Waals surface area contributed by atoms with Crippen molar-refractivity contribution in [3.63, 3.8) is 0 Å². The van der Waals surface area contributed by atoms with Crippen molar-refractivity contribution in [2.75, 3.05) is 26.2 Å². The molecule has 2 saturated heterocycles. The van der Waals surface area contributed by atoms with Crippen molar-refractivity contribution in [1.82, 2.24) is 8.01 Å². The zero-order chi connectivity index (χ0) is 9.71. The highest BCUT2D eigenvalue weighted by Crippen LogP contribution is 2.37. The summed E-state index contributed by atoms with van der Waals surface area (Å²) >= 11 is 2.40. The first-order chi connectivity index (χ1) is 6.74. The largest absolute Gasteiger partial charge is 0.342 e. The van der Waals surface area contributed by atoms with Crippen LogP contribution in [-0.2, 0) is 4.79 Å².